The van der Waals surface area contributed by atoms with Crippen LogP contribution in [0.1, 0.15) is 24.0 Å². The molecule has 0 atom stereocenters. The highest BCUT2D eigenvalue weighted by Gasteiger charge is 2.28. The van der Waals surface area contributed by atoms with Crippen molar-refractivity contribution in [1.29, 1.82) is 0 Å². The van der Waals surface area contributed by atoms with Gasteiger partial charge in [0.15, 0.2) is 0 Å². The van der Waals surface area contributed by atoms with E-state index < -0.39 is 11.8 Å². The molecule has 0 fully saturated rings. The second kappa shape index (κ2) is 9.49. The first-order chi connectivity index (χ1) is 14.7. The number of carbonyl (C=O) groups excluding carboxylic acids is 3. The Bertz CT molecular complexity index is 1060. The molecule has 0 aliphatic carbocycles. The van der Waals surface area contributed by atoms with Crippen LogP contribution in [-0.2, 0) is 14.4 Å². The van der Waals surface area contributed by atoms with Crippen molar-refractivity contribution in [3.63, 3.8) is 0 Å². The number of hydrogen-bond donors (Lipinski definition) is 1. The Labute approximate surface area is 190 Å². The molecular weight excluding hydrogens is 439 g/mol. The minimum atomic E-state index is -0.454. The molecule has 0 saturated carbocycles. The third-order valence-corrected chi connectivity index (χ3v) is 5.46. The smallest absolute Gasteiger partial charge is 0.270 e. The summed E-state index contributed by atoms with van der Waals surface area (Å²) < 4.78 is 0. The number of rotatable bonds is 5. The Morgan fingerprint density at radius 2 is 1.81 bits per heavy atom. The third-order valence-electron chi connectivity index (χ3n) is 4.83. The number of hydrogen-bond acceptors (Lipinski definition) is 4. The minimum absolute atomic E-state index is 0.160. The monoisotopic (exact) mass is 460 g/mol. The summed E-state index contributed by atoms with van der Waals surface area (Å²) in [5.74, 6) is -1.06. The molecule has 7 nitrogen and oxygen atoms in total. The summed E-state index contributed by atoms with van der Waals surface area (Å²) in [6, 6.07) is 10.6. The second-order valence-corrected chi connectivity index (χ2v) is 8.16. The van der Waals surface area contributed by atoms with Crippen LogP contribution >= 0.6 is 23.2 Å². The summed E-state index contributed by atoms with van der Waals surface area (Å²) in [5, 5.41) is 8.81. The number of halogens is 2. The lowest BCUT2D eigenvalue weighted by Crippen LogP contribution is -2.42. The number of amides is 3. The van der Waals surface area contributed by atoms with Crippen LogP contribution in [0.5, 0.6) is 0 Å². The molecule has 0 radical (unpaired) electrons. The van der Waals surface area contributed by atoms with E-state index in [0.29, 0.717) is 21.4 Å². The van der Waals surface area contributed by atoms with E-state index in [1.54, 1.807) is 18.2 Å². The van der Waals surface area contributed by atoms with Crippen molar-refractivity contribution >= 4 is 58.0 Å². The molecule has 31 heavy (non-hydrogen) atoms. The number of hydrazone groups is 1. The highest BCUT2D eigenvalue weighted by molar-refractivity contribution is 6.41. The highest BCUT2D eigenvalue weighted by Crippen LogP contribution is 2.30. The SMILES string of the molecule is Cc1ccc(C)c(N2N=C(C(=O)N(C)CC(=O)Nc3c(Cl)cccc3Cl)CCC2=O)c1. The predicted molar refractivity (Wildman–Crippen MR) is 123 cm³/mol. The van der Waals surface area contributed by atoms with Gasteiger partial charge in [0.1, 0.15) is 5.71 Å². The number of aryl methyl sites for hydroxylation is 2. The quantitative estimate of drug-likeness (QED) is 0.725. The summed E-state index contributed by atoms with van der Waals surface area (Å²) in [6.45, 7) is 3.57. The fourth-order valence-corrected chi connectivity index (χ4v) is 3.64. The fraction of sp³-hybridized carbons (Fsp3) is 0.273. The molecular formula is C22H22Cl2N4O3. The van der Waals surface area contributed by atoms with Crippen molar-refractivity contribution in [2.75, 3.05) is 23.9 Å². The van der Waals surface area contributed by atoms with Crippen LogP contribution in [0.15, 0.2) is 41.5 Å². The normalized spacial score (nSPS) is 13.6. The molecule has 0 spiro atoms. The van der Waals surface area contributed by atoms with Gasteiger partial charge >= 0.3 is 0 Å². The first-order valence-electron chi connectivity index (χ1n) is 9.64. The van der Waals surface area contributed by atoms with E-state index in [4.69, 9.17) is 23.2 Å². The summed E-state index contributed by atoms with van der Waals surface area (Å²) in [4.78, 5) is 39.0. The van der Waals surface area contributed by atoms with Crippen LogP contribution in [0.2, 0.25) is 10.0 Å². The number of benzene rings is 2. The molecule has 1 N–H and O–H groups in total. The van der Waals surface area contributed by atoms with Crippen molar-refractivity contribution in [3.8, 4) is 0 Å². The van der Waals surface area contributed by atoms with Gasteiger partial charge in [0.05, 0.1) is 28.0 Å². The second-order valence-electron chi connectivity index (χ2n) is 7.35. The van der Waals surface area contributed by atoms with Gasteiger partial charge in [-0.2, -0.15) is 5.10 Å². The van der Waals surface area contributed by atoms with Gasteiger partial charge in [0.25, 0.3) is 5.91 Å². The molecule has 9 heteroatoms. The Balaban J connectivity index is 1.74. The zero-order valence-electron chi connectivity index (χ0n) is 17.4. The topological polar surface area (TPSA) is 82.1 Å². The van der Waals surface area contributed by atoms with Gasteiger partial charge in [-0.1, -0.05) is 41.4 Å². The zero-order valence-corrected chi connectivity index (χ0v) is 18.9. The Kier molecular flexibility index (Phi) is 6.97. The Hall–Kier alpha value is -2.90. The number of carbonyl (C=O) groups is 3. The van der Waals surface area contributed by atoms with E-state index in [9.17, 15) is 14.4 Å². The van der Waals surface area contributed by atoms with Crippen LogP contribution in [0, 0.1) is 13.8 Å². The number of anilines is 2. The first-order valence-corrected chi connectivity index (χ1v) is 10.4. The number of nitrogens with zero attached hydrogens (tertiary/aromatic N) is 3. The average Bonchev–Trinajstić information content (AvgIpc) is 2.72. The van der Waals surface area contributed by atoms with E-state index in [1.165, 1.54) is 17.0 Å². The maximum atomic E-state index is 12.9. The van der Waals surface area contributed by atoms with Gasteiger partial charge < -0.3 is 10.2 Å². The lowest BCUT2D eigenvalue weighted by molar-refractivity contribution is -0.128. The van der Waals surface area contributed by atoms with Crippen LogP contribution in [0.4, 0.5) is 11.4 Å². The van der Waals surface area contributed by atoms with Crippen molar-refractivity contribution < 1.29 is 14.4 Å². The first kappa shape index (κ1) is 22.8. The van der Waals surface area contributed by atoms with Gasteiger partial charge in [-0.3, -0.25) is 14.4 Å². The van der Waals surface area contributed by atoms with E-state index in [2.05, 4.69) is 10.4 Å². The molecule has 0 saturated heterocycles. The molecule has 2 aromatic rings. The molecule has 0 bridgehead atoms. The van der Waals surface area contributed by atoms with Gasteiger partial charge in [0, 0.05) is 19.9 Å². The Morgan fingerprint density at radius 3 is 2.48 bits per heavy atom. The van der Waals surface area contributed by atoms with Crippen molar-refractivity contribution in [1.82, 2.24) is 4.90 Å². The summed E-state index contributed by atoms with van der Waals surface area (Å²) in [5.41, 5.74) is 3.00. The standard InChI is InChI=1S/C22H22Cl2N4O3/c1-13-7-8-14(2)18(11-13)28-20(30)10-9-17(26-28)22(31)27(3)12-19(29)25-21-15(23)5-4-6-16(21)24/h4-8,11H,9-10,12H2,1-3H3,(H,25,29). The lowest BCUT2D eigenvalue weighted by Gasteiger charge is -2.26. The maximum absolute atomic E-state index is 12.9. The van der Waals surface area contributed by atoms with Crippen LogP contribution in [0.3, 0.4) is 0 Å². The van der Waals surface area contributed by atoms with E-state index in [-0.39, 0.29) is 31.0 Å². The zero-order chi connectivity index (χ0) is 22.7. The van der Waals surface area contributed by atoms with Crippen molar-refractivity contribution in [3.05, 3.63) is 57.6 Å². The molecule has 0 unspecified atom stereocenters. The molecule has 1 aliphatic rings. The van der Waals surface area contributed by atoms with Gasteiger partial charge in [0.2, 0.25) is 11.8 Å². The molecule has 1 heterocycles. The number of likely N-dealkylation sites (N-methyl/N-ethyl adjacent to an activating group) is 1. The largest absolute Gasteiger partial charge is 0.331 e. The number of para-hydroxylation sites is 1. The molecule has 3 rings (SSSR count). The summed E-state index contributed by atoms with van der Waals surface area (Å²) >= 11 is 12.1. The molecule has 162 valence electrons. The maximum Gasteiger partial charge on any atom is 0.270 e. The summed E-state index contributed by atoms with van der Waals surface area (Å²) in [6.07, 6.45) is 0.370. The van der Waals surface area contributed by atoms with E-state index in [0.717, 1.165) is 11.1 Å². The lowest BCUT2D eigenvalue weighted by atomic mass is 10.1. The van der Waals surface area contributed by atoms with Crippen molar-refractivity contribution in [2.45, 2.75) is 26.7 Å². The van der Waals surface area contributed by atoms with Crippen LogP contribution < -0.4 is 10.3 Å². The third kappa shape index (κ3) is 5.24. The molecule has 0 aromatic heterocycles. The van der Waals surface area contributed by atoms with Crippen molar-refractivity contribution in [2.24, 2.45) is 5.10 Å². The minimum Gasteiger partial charge on any atom is -0.331 e. The molecule has 3 amide bonds. The summed E-state index contributed by atoms with van der Waals surface area (Å²) in [7, 11) is 1.50. The van der Waals surface area contributed by atoms with Crippen LogP contribution in [-0.4, -0.2) is 41.9 Å². The predicted octanol–water partition coefficient (Wildman–Crippen LogP) is 4.19. The highest BCUT2D eigenvalue weighted by atomic mass is 35.5. The van der Waals surface area contributed by atoms with E-state index in [1.807, 2.05) is 32.0 Å². The van der Waals surface area contributed by atoms with E-state index >= 15 is 0 Å². The molecule has 1 aliphatic heterocycles. The molecule has 2 aromatic carbocycles. The van der Waals surface area contributed by atoms with Gasteiger partial charge in [-0.15, -0.1) is 0 Å². The van der Waals surface area contributed by atoms with Gasteiger partial charge in [-0.25, -0.2) is 5.01 Å². The average molecular weight is 461 g/mol. The van der Waals surface area contributed by atoms with Gasteiger partial charge in [-0.05, 0) is 43.2 Å². The number of nitrogens with one attached hydrogen (secondary N) is 1. The Morgan fingerprint density at radius 1 is 1.13 bits per heavy atom. The fourth-order valence-electron chi connectivity index (χ4n) is 3.15. The van der Waals surface area contributed by atoms with Crippen LogP contribution in [0.25, 0.3) is 0 Å².